The Morgan fingerprint density at radius 3 is 2.84 bits per heavy atom. The number of nitrogens with zero attached hydrogens (tertiary/aromatic N) is 1. The molecule has 19 heavy (non-hydrogen) atoms. The lowest BCUT2D eigenvalue weighted by Gasteiger charge is -2.19. The Morgan fingerprint density at radius 1 is 1.37 bits per heavy atom. The van der Waals surface area contributed by atoms with Crippen molar-refractivity contribution in [2.24, 2.45) is 17.6 Å². The molecule has 1 saturated heterocycles. The highest BCUT2D eigenvalue weighted by molar-refractivity contribution is 9.10. The molecule has 1 aliphatic carbocycles. The molecule has 3 rings (SSSR count). The SMILES string of the molecule is NC1CCC2CN(C(=O)c3ccc(Br)c(F)c3)CC12. The first-order valence-electron chi connectivity index (χ1n) is 6.56. The van der Waals surface area contributed by atoms with Gasteiger partial charge in [-0.25, -0.2) is 4.39 Å². The molecule has 1 aromatic carbocycles. The number of likely N-dealkylation sites (tertiary alicyclic amines) is 1. The van der Waals surface area contributed by atoms with E-state index < -0.39 is 5.82 Å². The van der Waals surface area contributed by atoms with E-state index in [1.54, 1.807) is 12.1 Å². The van der Waals surface area contributed by atoms with Crippen molar-refractivity contribution in [2.45, 2.75) is 18.9 Å². The van der Waals surface area contributed by atoms with Gasteiger partial charge in [-0.1, -0.05) is 0 Å². The van der Waals surface area contributed by atoms with E-state index in [1.165, 1.54) is 6.07 Å². The van der Waals surface area contributed by atoms with Gasteiger partial charge in [-0.05, 0) is 58.8 Å². The molecule has 3 nitrogen and oxygen atoms in total. The highest BCUT2D eigenvalue weighted by Crippen LogP contribution is 2.37. The normalized spacial score (nSPS) is 29.6. The minimum absolute atomic E-state index is 0.0898. The molecule has 2 fully saturated rings. The van der Waals surface area contributed by atoms with E-state index in [9.17, 15) is 9.18 Å². The van der Waals surface area contributed by atoms with Crippen LogP contribution in [0.1, 0.15) is 23.2 Å². The number of amides is 1. The van der Waals surface area contributed by atoms with Crippen molar-refractivity contribution in [1.82, 2.24) is 4.90 Å². The molecule has 2 N–H and O–H groups in total. The van der Waals surface area contributed by atoms with Crippen LogP contribution in [0.25, 0.3) is 0 Å². The number of hydrogen-bond donors (Lipinski definition) is 1. The van der Waals surface area contributed by atoms with E-state index in [4.69, 9.17) is 5.73 Å². The van der Waals surface area contributed by atoms with Gasteiger partial charge < -0.3 is 10.6 Å². The topological polar surface area (TPSA) is 46.3 Å². The maximum Gasteiger partial charge on any atom is 0.253 e. The maximum absolute atomic E-state index is 13.5. The number of halogens is 2. The molecule has 0 spiro atoms. The number of nitrogens with two attached hydrogens (primary N) is 1. The minimum Gasteiger partial charge on any atom is -0.338 e. The van der Waals surface area contributed by atoms with Gasteiger partial charge in [0.05, 0.1) is 4.47 Å². The standard InChI is InChI=1S/C14H16BrFN2O/c15-11-3-1-8(5-12(11)16)14(19)18-6-9-2-4-13(17)10(9)7-18/h1,3,5,9-10,13H,2,4,6-7,17H2. The number of rotatable bonds is 1. The highest BCUT2D eigenvalue weighted by atomic mass is 79.9. The van der Waals surface area contributed by atoms with E-state index in [0.29, 0.717) is 28.4 Å². The lowest BCUT2D eigenvalue weighted by atomic mass is 9.98. The molecular weight excluding hydrogens is 311 g/mol. The fraction of sp³-hybridized carbons (Fsp3) is 0.500. The van der Waals surface area contributed by atoms with Gasteiger partial charge in [-0.3, -0.25) is 4.79 Å². The van der Waals surface area contributed by atoms with Gasteiger partial charge in [-0.2, -0.15) is 0 Å². The van der Waals surface area contributed by atoms with Gasteiger partial charge in [0.2, 0.25) is 0 Å². The van der Waals surface area contributed by atoms with Crippen LogP contribution in [0.15, 0.2) is 22.7 Å². The number of fused-ring (bicyclic) bond motifs is 1. The Hall–Kier alpha value is -0.940. The van der Waals surface area contributed by atoms with Crippen LogP contribution in [0, 0.1) is 17.7 Å². The van der Waals surface area contributed by atoms with Gasteiger partial charge in [0.1, 0.15) is 5.82 Å². The van der Waals surface area contributed by atoms with Gasteiger partial charge in [0.25, 0.3) is 5.91 Å². The zero-order valence-corrected chi connectivity index (χ0v) is 12.1. The second kappa shape index (κ2) is 4.87. The van der Waals surface area contributed by atoms with E-state index in [0.717, 1.165) is 19.4 Å². The van der Waals surface area contributed by atoms with Crippen molar-refractivity contribution in [3.05, 3.63) is 34.1 Å². The van der Waals surface area contributed by atoms with Crippen molar-refractivity contribution in [3.63, 3.8) is 0 Å². The van der Waals surface area contributed by atoms with Crippen molar-refractivity contribution in [1.29, 1.82) is 0 Å². The molecule has 3 atom stereocenters. The summed E-state index contributed by atoms with van der Waals surface area (Å²) in [6.07, 6.45) is 2.16. The van der Waals surface area contributed by atoms with Crippen LogP contribution in [-0.4, -0.2) is 29.9 Å². The van der Waals surface area contributed by atoms with Gasteiger partial charge >= 0.3 is 0 Å². The monoisotopic (exact) mass is 326 g/mol. The molecule has 5 heteroatoms. The maximum atomic E-state index is 13.5. The third kappa shape index (κ3) is 2.30. The molecule has 0 aromatic heterocycles. The van der Waals surface area contributed by atoms with Crippen LogP contribution in [0.5, 0.6) is 0 Å². The van der Waals surface area contributed by atoms with Crippen LogP contribution < -0.4 is 5.73 Å². The lowest BCUT2D eigenvalue weighted by Crippen LogP contribution is -2.33. The predicted molar refractivity (Wildman–Crippen MR) is 74.2 cm³/mol. The van der Waals surface area contributed by atoms with Crippen LogP contribution in [0.3, 0.4) is 0 Å². The fourth-order valence-corrected chi connectivity index (χ4v) is 3.53. The third-order valence-electron chi connectivity index (χ3n) is 4.37. The fourth-order valence-electron chi connectivity index (χ4n) is 3.29. The minimum atomic E-state index is -0.401. The molecule has 3 unspecified atom stereocenters. The van der Waals surface area contributed by atoms with Crippen LogP contribution >= 0.6 is 15.9 Å². The largest absolute Gasteiger partial charge is 0.338 e. The summed E-state index contributed by atoms with van der Waals surface area (Å²) in [5.74, 6) is 0.457. The molecule has 0 bridgehead atoms. The first-order valence-corrected chi connectivity index (χ1v) is 7.35. The molecule has 1 aliphatic heterocycles. The summed E-state index contributed by atoms with van der Waals surface area (Å²) >= 11 is 3.09. The molecule has 1 aromatic rings. The number of benzene rings is 1. The smallest absolute Gasteiger partial charge is 0.253 e. The first-order chi connectivity index (χ1) is 9.06. The average Bonchev–Trinajstić information content (AvgIpc) is 2.95. The number of carbonyl (C=O) groups excluding carboxylic acids is 1. The molecular formula is C14H16BrFN2O. The zero-order chi connectivity index (χ0) is 13.6. The second-order valence-corrected chi connectivity index (χ2v) is 6.36. The Kier molecular flexibility index (Phi) is 3.35. The summed E-state index contributed by atoms with van der Waals surface area (Å²) in [6.45, 7) is 1.47. The molecule has 1 saturated carbocycles. The predicted octanol–water partition coefficient (Wildman–Crippen LogP) is 2.40. The Bertz CT molecular complexity index is 522. The summed E-state index contributed by atoms with van der Waals surface area (Å²) in [5.41, 5.74) is 6.47. The van der Waals surface area contributed by atoms with Gasteiger partial charge in [-0.15, -0.1) is 0 Å². The number of carbonyl (C=O) groups is 1. The van der Waals surface area contributed by atoms with Gasteiger partial charge in [0, 0.05) is 24.7 Å². The van der Waals surface area contributed by atoms with Crippen molar-refractivity contribution < 1.29 is 9.18 Å². The molecule has 0 radical (unpaired) electrons. The van der Waals surface area contributed by atoms with E-state index in [2.05, 4.69) is 15.9 Å². The quantitative estimate of drug-likeness (QED) is 0.861. The van der Waals surface area contributed by atoms with Crippen molar-refractivity contribution >= 4 is 21.8 Å². The Morgan fingerprint density at radius 2 is 2.16 bits per heavy atom. The Labute approximate surface area is 120 Å². The Balaban J connectivity index is 1.76. The summed E-state index contributed by atoms with van der Waals surface area (Å²) in [4.78, 5) is 14.2. The second-order valence-electron chi connectivity index (χ2n) is 5.50. The number of hydrogen-bond acceptors (Lipinski definition) is 2. The van der Waals surface area contributed by atoms with Gasteiger partial charge in [0.15, 0.2) is 0 Å². The zero-order valence-electron chi connectivity index (χ0n) is 10.5. The summed E-state index contributed by atoms with van der Waals surface area (Å²) in [7, 11) is 0. The lowest BCUT2D eigenvalue weighted by molar-refractivity contribution is 0.0779. The van der Waals surface area contributed by atoms with E-state index >= 15 is 0 Å². The summed E-state index contributed by atoms with van der Waals surface area (Å²) < 4.78 is 13.9. The van der Waals surface area contributed by atoms with E-state index in [1.807, 2.05) is 4.90 Å². The van der Waals surface area contributed by atoms with Crippen LogP contribution in [0.2, 0.25) is 0 Å². The average molecular weight is 327 g/mol. The van der Waals surface area contributed by atoms with Crippen LogP contribution in [-0.2, 0) is 0 Å². The first kappa shape index (κ1) is 13.1. The van der Waals surface area contributed by atoms with Crippen molar-refractivity contribution in [3.8, 4) is 0 Å². The molecule has 102 valence electrons. The van der Waals surface area contributed by atoms with Crippen LogP contribution in [0.4, 0.5) is 4.39 Å². The third-order valence-corrected chi connectivity index (χ3v) is 5.01. The molecule has 2 aliphatic rings. The van der Waals surface area contributed by atoms with E-state index in [-0.39, 0.29) is 11.9 Å². The van der Waals surface area contributed by atoms with Crippen molar-refractivity contribution in [2.75, 3.05) is 13.1 Å². The summed E-state index contributed by atoms with van der Waals surface area (Å²) in [6, 6.07) is 4.74. The molecule has 1 amide bonds. The molecule has 1 heterocycles. The highest BCUT2D eigenvalue weighted by Gasteiger charge is 2.42. The summed E-state index contributed by atoms with van der Waals surface area (Å²) in [5, 5.41) is 0.